The second kappa shape index (κ2) is 4.52. The molecule has 1 aromatic carbocycles. The Hall–Kier alpha value is -1.12. The molecule has 0 amide bonds. The molecule has 3 rings (SSSR count). The zero-order chi connectivity index (χ0) is 12.7. The summed E-state index contributed by atoms with van der Waals surface area (Å²) in [6.45, 7) is 2.00. The standard InChI is InChI=1S/C14H12Cl2N2/c1-8-6-10(15)4-5-11(8)14-17-12(9-2-3-9)7-13(16)18-14/h4-7,9H,2-3H2,1H3. The Morgan fingerprint density at radius 3 is 2.56 bits per heavy atom. The van der Waals surface area contributed by atoms with Crippen LogP contribution in [-0.2, 0) is 0 Å². The van der Waals surface area contributed by atoms with Gasteiger partial charge in [0, 0.05) is 22.2 Å². The Morgan fingerprint density at radius 1 is 1.11 bits per heavy atom. The molecule has 0 bridgehead atoms. The molecule has 2 nitrogen and oxygen atoms in total. The first-order chi connectivity index (χ1) is 8.63. The van der Waals surface area contributed by atoms with Gasteiger partial charge in [0.2, 0.25) is 0 Å². The first-order valence-corrected chi connectivity index (χ1v) is 6.70. The van der Waals surface area contributed by atoms with E-state index < -0.39 is 0 Å². The second-order valence-corrected chi connectivity index (χ2v) is 5.50. The van der Waals surface area contributed by atoms with Crippen LogP contribution in [0.4, 0.5) is 0 Å². The van der Waals surface area contributed by atoms with Crippen molar-refractivity contribution < 1.29 is 0 Å². The van der Waals surface area contributed by atoms with Crippen molar-refractivity contribution in [3.8, 4) is 11.4 Å². The highest BCUT2D eigenvalue weighted by atomic mass is 35.5. The number of aryl methyl sites for hydroxylation is 1. The molecule has 0 radical (unpaired) electrons. The predicted molar refractivity (Wildman–Crippen MR) is 74.2 cm³/mol. The summed E-state index contributed by atoms with van der Waals surface area (Å²) >= 11 is 12.0. The Kier molecular flexibility index (Phi) is 3.00. The fraction of sp³-hybridized carbons (Fsp3) is 0.286. The van der Waals surface area contributed by atoms with Crippen molar-refractivity contribution in [2.45, 2.75) is 25.7 Å². The molecule has 0 saturated heterocycles. The fourth-order valence-corrected chi connectivity index (χ4v) is 2.44. The third kappa shape index (κ3) is 2.36. The summed E-state index contributed by atoms with van der Waals surface area (Å²) in [5, 5.41) is 1.23. The minimum absolute atomic E-state index is 0.510. The Balaban J connectivity index is 2.10. The molecule has 0 spiro atoms. The van der Waals surface area contributed by atoms with E-state index in [9.17, 15) is 0 Å². The number of aromatic nitrogens is 2. The lowest BCUT2D eigenvalue weighted by Crippen LogP contribution is -1.96. The summed E-state index contributed by atoms with van der Waals surface area (Å²) < 4.78 is 0. The highest BCUT2D eigenvalue weighted by Gasteiger charge is 2.26. The van der Waals surface area contributed by atoms with Crippen LogP contribution in [0.15, 0.2) is 24.3 Å². The van der Waals surface area contributed by atoms with Crippen molar-refractivity contribution in [2.75, 3.05) is 0 Å². The smallest absolute Gasteiger partial charge is 0.161 e. The third-order valence-electron chi connectivity index (χ3n) is 3.14. The average molecular weight is 279 g/mol. The van der Waals surface area contributed by atoms with Crippen molar-refractivity contribution in [1.82, 2.24) is 9.97 Å². The van der Waals surface area contributed by atoms with E-state index in [-0.39, 0.29) is 0 Å². The summed E-state index contributed by atoms with van der Waals surface area (Å²) in [6, 6.07) is 7.58. The minimum atomic E-state index is 0.510. The first kappa shape index (κ1) is 11.9. The summed E-state index contributed by atoms with van der Waals surface area (Å²) in [5.41, 5.74) is 3.11. The number of halogens is 2. The predicted octanol–water partition coefficient (Wildman–Crippen LogP) is 4.64. The summed E-state index contributed by atoms with van der Waals surface area (Å²) in [5.74, 6) is 1.26. The van der Waals surface area contributed by atoms with Crippen LogP contribution in [0.25, 0.3) is 11.4 Å². The lowest BCUT2D eigenvalue weighted by molar-refractivity contribution is 0.993. The molecule has 1 heterocycles. The van der Waals surface area contributed by atoms with Crippen LogP contribution in [0.1, 0.15) is 30.0 Å². The fourth-order valence-electron chi connectivity index (χ4n) is 2.02. The summed E-state index contributed by atoms with van der Waals surface area (Å²) in [6.07, 6.45) is 2.40. The van der Waals surface area contributed by atoms with Gasteiger partial charge in [0.15, 0.2) is 5.82 Å². The highest BCUT2D eigenvalue weighted by Crippen LogP contribution is 2.40. The minimum Gasteiger partial charge on any atom is -0.233 e. The lowest BCUT2D eigenvalue weighted by atomic mass is 10.1. The van der Waals surface area contributed by atoms with Crippen LogP contribution in [0.2, 0.25) is 10.2 Å². The molecule has 0 unspecified atom stereocenters. The second-order valence-electron chi connectivity index (χ2n) is 4.67. The Labute approximate surface area is 116 Å². The van der Waals surface area contributed by atoms with E-state index in [4.69, 9.17) is 23.2 Å². The topological polar surface area (TPSA) is 25.8 Å². The summed E-state index contributed by atoms with van der Waals surface area (Å²) in [4.78, 5) is 8.93. The Bertz CT molecular complexity index is 607. The summed E-state index contributed by atoms with van der Waals surface area (Å²) in [7, 11) is 0. The van der Waals surface area contributed by atoms with Crippen LogP contribution >= 0.6 is 23.2 Å². The van der Waals surface area contributed by atoms with Crippen molar-refractivity contribution >= 4 is 23.2 Å². The SMILES string of the molecule is Cc1cc(Cl)ccc1-c1nc(Cl)cc(C2CC2)n1. The number of rotatable bonds is 2. The van der Waals surface area contributed by atoms with Crippen LogP contribution in [-0.4, -0.2) is 9.97 Å². The number of hydrogen-bond acceptors (Lipinski definition) is 2. The molecular formula is C14H12Cl2N2. The number of hydrogen-bond donors (Lipinski definition) is 0. The molecule has 1 aliphatic rings. The normalized spacial score (nSPS) is 14.8. The van der Waals surface area contributed by atoms with E-state index in [1.54, 1.807) is 0 Å². The average Bonchev–Trinajstić information content (AvgIpc) is 3.11. The van der Waals surface area contributed by atoms with Gasteiger partial charge >= 0.3 is 0 Å². The van der Waals surface area contributed by atoms with E-state index in [0.29, 0.717) is 16.9 Å². The Morgan fingerprint density at radius 2 is 1.89 bits per heavy atom. The van der Waals surface area contributed by atoms with Gasteiger partial charge in [-0.1, -0.05) is 23.2 Å². The molecule has 1 aliphatic carbocycles. The lowest BCUT2D eigenvalue weighted by Gasteiger charge is -2.07. The molecule has 0 atom stereocenters. The van der Waals surface area contributed by atoms with E-state index in [1.807, 2.05) is 31.2 Å². The van der Waals surface area contributed by atoms with Crippen LogP contribution in [0.3, 0.4) is 0 Å². The van der Waals surface area contributed by atoms with Gasteiger partial charge in [0.25, 0.3) is 0 Å². The third-order valence-corrected chi connectivity index (χ3v) is 3.57. The maximum absolute atomic E-state index is 6.08. The van der Waals surface area contributed by atoms with Crippen LogP contribution in [0, 0.1) is 6.92 Å². The largest absolute Gasteiger partial charge is 0.233 e. The molecule has 2 aromatic rings. The number of nitrogens with zero attached hydrogens (tertiary/aromatic N) is 2. The monoisotopic (exact) mass is 278 g/mol. The molecule has 0 N–H and O–H groups in total. The van der Waals surface area contributed by atoms with Gasteiger partial charge in [-0.2, -0.15) is 0 Å². The van der Waals surface area contributed by atoms with E-state index in [1.165, 1.54) is 12.8 Å². The molecule has 0 aliphatic heterocycles. The maximum Gasteiger partial charge on any atom is 0.161 e. The molecule has 18 heavy (non-hydrogen) atoms. The maximum atomic E-state index is 6.08. The van der Waals surface area contributed by atoms with Crippen molar-refractivity contribution in [1.29, 1.82) is 0 Å². The molecule has 4 heteroatoms. The van der Waals surface area contributed by atoms with Crippen molar-refractivity contribution in [3.05, 3.63) is 45.7 Å². The molecule has 1 fully saturated rings. The zero-order valence-electron chi connectivity index (χ0n) is 9.95. The van der Waals surface area contributed by atoms with Gasteiger partial charge in [-0.05, 0) is 49.6 Å². The highest BCUT2D eigenvalue weighted by molar-refractivity contribution is 6.30. The van der Waals surface area contributed by atoms with E-state index >= 15 is 0 Å². The zero-order valence-corrected chi connectivity index (χ0v) is 11.5. The quantitative estimate of drug-likeness (QED) is 0.748. The molecular weight excluding hydrogens is 267 g/mol. The van der Waals surface area contributed by atoms with Gasteiger partial charge in [-0.15, -0.1) is 0 Å². The van der Waals surface area contributed by atoms with Gasteiger partial charge < -0.3 is 0 Å². The van der Waals surface area contributed by atoms with Gasteiger partial charge in [-0.3, -0.25) is 0 Å². The van der Waals surface area contributed by atoms with Gasteiger partial charge in [0.1, 0.15) is 5.15 Å². The van der Waals surface area contributed by atoms with Crippen LogP contribution < -0.4 is 0 Å². The molecule has 1 aromatic heterocycles. The van der Waals surface area contributed by atoms with Crippen molar-refractivity contribution in [3.63, 3.8) is 0 Å². The molecule has 1 saturated carbocycles. The van der Waals surface area contributed by atoms with Gasteiger partial charge in [-0.25, -0.2) is 9.97 Å². The van der Waals surface area contributed by atoms with E-state index in [0.717, 1.165) is 21.8 Å². The van der Waals surface area contributed by atoms with Crippen LogP contribution in [0.5, 0.6) is 0 Å². The molecule has 92 valence electrons. The van der Waals surface area contributed by atoms with E-state index in [2.05, 4.69) is 9.97 Å². The number of benzene rings is 1. The van der Waals surface area contributed by atoms with Crippen molar-refractivity contribution in [2.24, 2.45) is 0 Å². The van der Waals surface area contributed by atoms with Gasteiger partial charge in [0.05, 0.1) is 0 Å². The first-order valence-electron chi connectivity index (χ1n) is 5.94.